The van der Waals surface area contributed by atoms with Crippen LogP contribution in [0.4, 0.5) is 30.6 Å². The molecule has 0 saturated heterocycles. The molecule has 3 aromatic rings. The van der Waals surface area contributed by atoms with Crippen LogP contribution in [-0.2, 0) is 10.0 Å². The van der Waals surface area contributed by atoms with Gasteiger partial charge in [-0.2, -0.15) is 0 Å². The number of hydrogen-bond donors (Lipinski definition) is 4. The third-order valence-electron chi connectivity index (χ3n) is 4.32. The summed E-state index contributed by atoms with van der Waals surface area (Å²) >= 11 is 0. The van der Waals surface area contributed by atoms with Crippen molar-refractivity contribution in [3.8, 4) is 0 Å². The van der Waals surface area contributed by atoms with Gasteiger partial charge in [0, 0.05) is 29.2 Å². The van der Waals surface area contributed by atoms with E-state index in [-0.39, 0.29) is 17.3 Å². The molecular formula is C22H20F2N4O4S. The van der Waals surface area contributed by atoms with Crippen LogP contribution in [-0.4, -0.2) is 26.9 Å². The van der Waals surface area contributed by atoms with Gasteiger partial charge in [0.1, 0.15) is 0 Å². The minimum Gasteiger partial charge on any atom is -0.338 e. The first-order valence-corrected chi connectivity index (χ1v) is 11.2. The highest BCUT2D eigenvalue weighted by Gasteiger charge is 2.17. The summed E-state index contributed by atoms with van der Waals surface area (Å²) in [7, 11) is -4.15. The van der Waals surface area contributed by atoms with Crippen LogP contribution in [0.5, 0.6) is 0 Å². The van der Waals surface area contributed by atoms with E-state index in [1.54, 1.807) is 31.2 Å². The zero-order valence-corrected chi connectivity index (χ0v) is 18.2. The van der Waals surface area contributed by atoms with E-state index in [2.05, 4.69) is 20.7 Å². The summed E-state index contributed by atoms with van der Waals surface area (Å²) in [5.41, 5.74) is 1.30. The third kappa shape index (κ3) is 6.26. The van der Waals surface area contributed by atoms with Gasteiger partial charge in [-0.25, -0.2) is 22.0 Å². The number of carbonyl (C=O) groups is 2. The quantitative estimate of drug-likeness (QED) is 0.411. The van der Waals surface area contributed by atoms with Crippen LogP contribution < -0.4 is 20.7 Å². The molecule has 8 nitrogen and oxygen atoms in total. The van der Waals surface area contributed by atoms with Crippen LogP contribution in [0.15, 0.2) is 71.6 Å². The fourth-order valence-corrected chi connectivity index (χ4v) is 3.83. The number of rotatable bonds is 7. The molecule has 0 atom stereocenters. The number of carbonyl (C=O) groups excluding carboxylic acids is 2. The molecule has 0 heterocycles. The Hall–Kier alpha value is -3.99. The van der Waals surface area contributed by atoms with E-state index in [9.17, 15) is 26.8 Å². The molecule has 0 radical (unpaired) electrons. The van der Waals surface area contributed by atoms with Crippen molar-refractivity contribution in [1.82, 2.24) is 5.32 Å². The van der Waals surface area contributed by atoms with Gasteiger partial charge in [0.2, 0.25) is 0 Å². The van der Waals surface area contributed by atoms with Crippen LogP contribution in [0.25, 0.3) is 0 Å². The number of urea groups is 1. The lowest BCUT2D eigenvalue weighted by molar-refractivity contribution is 0.102. The maximum atomic E-state index is 13.4. The predicted octanol–water partition coefficient (Wildman–Crippen LogP) is 4.16. The van der Waals surface area contributed by atoms with Crippen molar-refractivity contribution >= 4 is 39.0 Å². The van der Waals surface area contributed by atoms with Gasteiger partial charge in [0.25, 0.3) is 15.9 Å². The predicted molar refractivity (Wildman–Crippen MR) is 121 cm³/mol. The molecule has 0 aromatic heterocycles. The number of halogens is 2. The summed E-state index contributed by atoms with van der Waals surface area (Å²) in [5, 5.41) is 7.91. The van der Waals surface area contributed by atoms with Gasteiger partial charge in [-0.1, -0.05) is 6.07 Å². The largest absolute Gasteiger partial charge is 0.338 e. The lowest BCUT2D eigenvalue weighted by Crippen LogP contribution is -2.28. The number of nitrogens with one attached hydrogen (secondary N) is 4. The molecule has 0 unspecified atom stereocenters. The smallest absolute Gasteiger partial charge is 0.319 e. The molecule has 0 aliphatic carbocycles. The monoisotopic (exact) mass is 474 g/mol. The Kier molecular flexibility index (Phi) is 7.23. The van der Waals surface area contributed by atoms with Crippen LogP contribution >= 0.6 is 0 Å². The first-order valence-electron chi connectivity index (χ1n) is 9.72. The Morgan fingerprint density at radius 2 is 1.48 bits per heavy atom. The van der Waals surface area contributed by atoms with Gasteiger partial charge in [-0.3, -0.25) is 9.52 Å². The van der Waals surface area contributed by atoms with Crippen LogP contribution in [0.1, 0.15) is 17.3 Å². The Bertz CT molecular complexity index is 1280. The topological polar surface area (TPSA) is 116 Å². The van der Waals surface area contributed by atoms with E-state index < -0.39 is 32.5 Å². The van der Waals surface area contributed by atoms with Crippen LogP contribution in [0.2, 0.25) is 0 Å². The molecule has 0 aliphatic heterocycles. The molecule has 3 rings (SSSR count). The van der Waals surface area contributed by atoms with Gasteiger partial charge in [0.15, 0.2) is 11.6 Å². The van der Waals surface area contributed by atoms with Gasteiger partial charge in [-0.15, -0.1) is 0 Å². The van der Waals surface area contributed by atoms with Crippen molar-refractivity contribution in [1.29, 1.82) is 0 Å². The van der Waals surface area contributed by atoms with Gasteiger partial charge >= 0.3 is 6.03 Å². The number of anilines is 3. The maximum Gasteiger partial charge on any atom is 0.319 e. The summed E-state index contributed by atoms with van der Waals surface area (Å²) in [5.74, 6) is -2.90. The second kappa shape index (κ2) is 10.1. The van der Waals surface area contributed by atoms with Crippen molar-refractivity contribution < 1.29 is 26.8 Å². The van der Waals surface area contributed by atoms with E-state index >= 15 is 0 Å². The number of sulfonamides is 1. The average molecular weight is 474 g/mol. The molecule has 172 valence electrons. The minimum atomic E-state index is -4.15. The standard InChI is InChI=1S/C22H20F2N4O4S/c1-2-25-22(30)27-17-5-3-4-16(12-17)26-21(29)14-6-8-15(9-7-14)28-33(31,32)18-10-11-19(23)20(24)13-18/h3-13,28H,2H2,1H3,(H,26,29)(H2,25,27,30). The van der Waals surface area contributed by atoms with Crippen molar-refractivity contribution in [2.75, 3.05) is 21.9 Å². The lowest BCUT2D eigenvalue weighted by atomic mass is 10.2. The highest BCUT2D eigenvalue weighted by Crippen LogP contribution is 2.20. The van der Waals surface area contributed by atoms with Crippen molar-refractivity contribution in [2.45, 2.75) is 11.8 Å². The Morgan fingerprint density at radius 1 is 0.818 bits per heavy atom. The van der Waals surface area contributed by atoms with Crippen molar-refractivity contribution in [2.24, 2.45) is 0 Å². The van der Waals surface area contributed by atoms with Crippen LogP contribution in [0.3, 0.4) is 0 Å². The van der Waals surface area contributed by atoms with Crippen molar-refractivity contribution in [3.05, 3.63) is 83.9 Å². The Morgan fingerprint density at radius 3 is 2.12 bits per heavy atom. The fraction of sp³-hybridized carbons (Fsp3) is 0.0909. The zero-order valence-electron chi connectivity index (χ0n) is 17.4. The Labute approximate surface area is 189 Å². The molecule has 11 heteroatoms. The number of hydrogen-bond acceptors (Lipinski definition) is 4. The Balaban J connectivity index is 1.67. The van der Waals surface area contributed by atoms with E-state index in [0.29, 0.717) is 24.0 Å². The molecule has 4 N–H and O–H groups in total. The number of benzene rings is 3. The van der Waals surface area contributed by atoms with Gasteiger partial charge in [-0.05, 0) is 67.6 Å². The molecule has 0 saturated carbocycles. The summed E-state index contributed by atoms with van der Waals surface area (Å²) in [6.07, 6.45) is 0. The van der Waals surface area contributed by atoms with E-state index in [1.165, 1.54) is 24.3 Å². The third-order valence-corrected chi connectivity index (χ3v) is 5.70. The average Bonchev–Trinajstić information content (AvgIpc) is 2.76. The highest BCUT2D eigenvalue weighted by molar-refractivity contribution is 7.92. The van der Waals surface area contributed by atoms with Crippen LogP contribution in [0, 0.1) is 11.6 Å². The normalized spacial score (nSPS) is 10.9. The second-order valence-electron chi connectivity index (χ2n) is 6.78. The summed E-state index contributed by atoms with van der Waals surface area (Å²) in [4.78, 5) is 23.7. The number of amides is 3. The molecule has 0 fully saturated rings. The van der Waals surface area contributed by atoms with E-state index in [4.69, 9.17) is 0 Å². The first kappa shape index (κ1) is 23.7. The minimum absolute atomic E-state index is 0.129. The highest BCUT2D eigenvalue weighted by atomic mass is 32.2. The summed E-state index contributed by atoms with van der Waals surface area (Å²) in [6.45, 7) is 2.25. The second-order valence-corrected chi connectivity index (χ2v) is 8.46. The molecule has 0 aliphatic rings. The van der Waals surface area contributed by atoms with E-state index in [0.717, 1.165) is 12.1 Å². The summed E-state index contributed by atoms with van der Waals surface area (Å²) in [6, 6.07) is 13.9. The van der Waals surface area contributed by atoms with Gasteiger partial charge in [0.05, 0.1) is 4.90 Å². The maximum absolute atomic E-state index is 13.4. The van der Waals surface area contributed by atoms with Gasteiger partial charge < -0.3 is 16.0 Å². The molecule has 3 amide bonds. The summed E-state index contributed by atoms with van der Waals surface area (Å²) < 4.78 is 53.4. The SMILES string of the molecule is CCNC(=O)Nc1cccc(NC(=O)c2ccc(NS(=O)(=O)c3ccc(F)c(F)c3)cc2)c1. The van der Waals surface area contributed by atoms with E-state index in [1.807, 2.05) is 0 Å². The fourth-order valence-electron chi connectivity index (χ4n) is 2.76. The molecule has 0 spiro atoms. The zero-order chi connectivity index (χ0) is 24.0. The molecule has 0 bridgehead atoms. The van der Waals surface area contributed by atoms with Crippen molar-refractivity contribution in [3.63, 3.8) is 0 Å². The molecular weight excluding hydrogens is 454 g/mol. The molecule has 3 aromatic carbocycles. The lowest BCUT2D eigenvalue weighted by Gasteiger charge is -2.11. The first-order chi connectivity index (χ1) is 15.7. The molecule has 33 heavy (non-hydrogen) atoms.